The van der Waals surface area contributed by atoms with E-state index < -0.39 is 96.2 Å². The molecule has 0 spiro atoms. The number of ether oxygens (including phenoxy) is 3. The number of carbonyl (C=O) groups excluding carboxylic acids is 3. The van der Waals surface area contributed by atoms with Crippen LogP contribution in [0.25, 0.3) is 0 Å². The topological polar surface area (TPSA) is 197 Å². The molecule has 0 amide bonds. The van der Waals surface area contributed by atoms with Gasteiger partial charge in [0.1, 0.15) is 6.10 Å². The van der Waals surface area contributed by atoms with E-state index in [2.05, 4.69) is 6.08 Å². The number of carbonyl (C=O) groups is 4. The molecule has 5 N–H and O–H groups in total. The molecule has 1 saturated heterocycles. The van der Waals surface area contributed by atoms with Crippen LogP contribution in [-0.2, 0) is 33.4 Å². The highest BCUT2D eigenvalue weighted by atomic mass is 16.7. The quantitative estimate of drug-likeness (QED) is 0.0823. The summed E-state index contributed by atoms with van der Waals surface area (Å²) < 4.78 is 17.9. The highest BCUT2D eigenvalue weighted by molar-refractivity contribution is 5.99. The lowest BCUT2D eigenvalue weighted by atomic mass is 9.65. The molecular weight excluding hydrogens is 720 g/mol. The third-order valence-corrected chi connectivity index (χ3v) is 12.8. The molecule has 308 valence electrons. The summed E-state index contributed by atoms with van der Waals surface area (Å²) in [6.07, 6.45) is 6.63. The summed E-state index contributed by atoms with van der Waals surface area (Å²) >= 11 is 0. The molecule has 15 atom stereocenters. The van der Waals surface area contributed by atoms with E-state index in [1.165, 1.54) is 13.8 Å². The Hall–Kier alpha value is -3.52. The van der Waals surface area contributed by atoms with Gasteiger partial charge in [-0.1, -0.05) is 68.4 Å². The van der Waals surface area contributed by atoms with Crippen LogP contribution in [0.5, 0.6) is 0 Å². The number of aliphatic hydroxyl groups is 4. The van der Waals surface area contributed by atoms with E-state index in [4.69, 9.17) is 14.2 Å². The van der Waals surface area contributed by atoms with Gasteiger partial charge in [-0.3, -0.25) is 14.4 Å². The number of carboxylic acids is 1. The van der Waals surface area contributed by atoms with Crippen molar-refractivity contribution in [2.45, 2.75) is 130 Å². The Morgan fingerprint density at radius 3 is 2.39 bits per heavy atom. The number of aliphatic hydroxyl groups excluding tert-OH is 4. The molecule has 56 heavy (non-hydrogen) atoms. The fourth-order valence-corrected chi connectivity index (χ4v) is 9.45. The zero-order valence-electron chi connectivity index (χ0n) is 33.8. The van der Waals surface area contributed by atoms with Gasteiger partial charge >= 0.3 is 17.9 Å². The van der Waals surface area contributed by atoms with Crippen LogP contribution >= 0.6 is 0 Å². The molecular formula is C44H60O12. The Bertz CT molecular complexity index is 1730. The molecule has 2 saturated carbocycles. The summed E-state index contributed by atoms with van der Waals surface area (Å²) in [5.74, 6) is -6.51. The Labute approximate surface area is 329 Å². The van der Waals surface area contributed by atoms with Crippen LogP contribution in [0.15, 0.2) is 69.9 Å². The van der Waals surface area contributed by atoms with Gasteiger partial charge in [0.2, 0.25) is 0 Å². The summed E-state index contributed by atoms with van der Waals surface area (Å²) in [5.41, 5.74) is 4.56. The molecule has 12 nitrogen and oxygen atoms in total. The van der Waals surface area contributed by atoms with Crippen molar-refractivity contribution in [3.63, 3.8) is 0 Å². The number of ketones is 1. The maximum atomic E-state index is 14.4. The second-order valence-corrected chi connectivity index (χ2v) is 17.0. The molecule has 5 rings (SSSR count). The van der Waals surface area contributed by atoms with Crippen molar-refractivity contribution in [3.05, 3.63) is 69.9 Å². The first kappa shape index (κ1) is 43.6. The summed E-state index contributed by atoms with van der Waals surface area (Å²) in [6.45, 7) is 14.6. The number of rotatable bonds is 11. The minimum Gasteiger partial charge on any atom is -0.481 e. The van der Waals surface area contributed by atoms with Crippen LogP contribution in [0, 0.1) is 47.3 Å². The first-order valence-corrected chi connectivity index (χ1v) is 20.0. The normalized spacial score (nSPS) is 37.3. The van der Waals surface area contributed by atoms with E-state index in [1.54, 1.807) is 6.92 Å². The SMILES string of the molecule is CC1=C[C@H]2[C@@H](CC[C@H](C)[C@H]2O[C@@H]2O[C@H](C)[C@H](O)C(=O)[C@@H]2O)[C@H]2C(=O)OC(=O)C(C)=C3C[C@@H](O)[C@H](C)C3=C2[C@@H]1\C=C/C=C\C=C(/C)C[C@H](C)C[C@@H](O)[C@@H](C)C(=O)O. The lowest BCUT2D eigenvalue weighted by molar-refractivity contribution is -0.274. The summed E-state index contributed by atoms with van der Waals surface area (Å²) in [4.78, 5) is 51.7. The minimum absolute atomic E-state index is 0.0685. The van der Waals surface area contributed by atoms with Crippen LogP contribution in [0.2, 0.25) is 0 Å². The van der Waals surface area contributed by atoms with Crippen molar-refractivity contribution >= 4 is 23.7 Å². The average Bonchev–Trinajstić information content (AvgIpc) is 3.36. The van der Waals surface area contributed by atoms with E-state index in [1.807, 2.05) is 65.0 Å². The third-order valence-electron chi connectivity index (χ3n) is 12.8. The number of hydrogen-bond acceptors (Lipinski definition) is 11. The molecule has 0 bridgehead atoms. The van der Waals surface area contributed by atoms with E-state index in [0.29, 0.717) is 36.8 Å². The molecule has 3 fully saturated rings. The third kappa shape index (κ3) is 8.95. The van der Waals surface area contributed by atoms with Gasteiger partial charge in [-0.15, -0.1) is 0 Å². The van der Waals surface area contributed by atoms with Crippen LogP contribution < -0.4 is 0 Å². The number of hydrogen-bond donors (Lipinski definition) is 5. The van der Waals surface area contributed by atoms with Crippen molar-refractivity contribution in [1.29, 1.82) is 0 Å². The van der Waals surface area contributed by atoms with Gasteiger partial charge in [-0.2, -0.15) is 0 Å². The first-order chi connectivity index (χ1) is 26.3. The molecule has 5 aliphatic rings. The maximum absolute atomic E-state index is 14.4. The number of allylic oxidation sites excluding steroid dienone is 7. The number of esters is 2. The largest absolute Gasteiger partial charge is 0.481 e. The van der Waals surface area contributed by atoms with Crippen LogP contribution in [0.1, 0.15) is 87.5 Å². The first-order valence-electron chi connectivity index (χ1n) is 20.0. The van der Waals surface area contributed by atoms with E-state index in [-0.39, 0.29) is 24.2 Å². The van der Waals surface area contributed by atoms with E-state index >= 15 is 0 Å². The molecule has 0 aromatic rings. The molecule has 2 heterocycles. The Morgan fingerprint density at radius 2 is 1.71 bits per heavy atom. The number of cyclic esters (lactones) is 2. The standard InChI is InChI=1S/C44H60O12/c1-20(16-21(2)17-32(45)26(7)41(50)51)12-10-9-11-13-28-23(4)18-31-29(15-14-22(3)40(31)55-44-39(49)38(48)37(47)27(8)54-44)36-35(28)34-25(6)33(46)19-30(34)24(5)42(52)56-43(36)53/h9-13,18,21-22,25-29,31-33,36-37,39-40,44-47,49H,14-17,19H2,1-8H3,(H,50,51)/b10-9-,13-11-,20-12+,30-24?,35-34?/t21-,22-,25-,26+,27+,28+,29+,31-,32+,33+,36+,37-,39-,40+,44-/m0/s1. The highest BCUT2D eigenvalue weighted by Gasteiger charge is 2.53. The van der Waals surface area contributed by atoms with Gasteiger partial charge in [0.05, 0.1) is 36.3 Å². The molecule has 0 unspecified atom stereocenters. The van der Waals surface area contributed by atoms with Crippen LogP contribution in [-0.4, -0.2) is 92.1 Å². The highest BCUT2D eigenvalue weighted by Crippen LogP contribution is 2.54. The number of Topliss-reactive ketones (excluding diaryl/α,β-unsaturated/α-hetero) is 1. The minimum atomic E-state index is -1.70. The van der Waals surface area contributed by atoms with Gasteiger partial charge in [0, 0.05) is 23.3 Å². The molecule has 0 radical (unpaired) electrons. The summed E-state index contributed by atoms with van der Waals surface area (Å²) in [7, 11) is 0. The second kappa shape index (κ2) is 18.0. The van der Waals surface area contributed by atoms with Gasteiger partial charge in [-0.25, -0.2) is 4.79 Å². The predicted molar refractivity (Wildman–Crippen MR) is 206 cm³/mol. The summed E-state index contributed by atoms with van der Waals surface area (Å²) in [6, 6.07) is 0. The van der Waals surface area contributed by atoms with E-state index in [0.717, 1.165) is 22.3 Å². The zero-order chi connectivity index (χ0) is 41.3. The Balaban J connectivity index is 1.53. The fourth-order valence-electron chi connectivity index (χ4n) is 9.45. The van der Waals surface area contributed by atoms with Crippen LogP contribution in [0.3, 0.4) is 0 Å². The molecule has 12 heteroatoms. The van der Waals surface area contributed by atoms with Crippen molar-refractivity contribution in [2.24, 2.45) is 47.3 Å². The fraction of sp³-hybridized carbons (Fsp3) is 0.636. The monoisotopic (exact) mass is 780 g/mol. The number of carboxylic acid groups (broad SMARTS) is 1. The predicted octanol–water partition coefficient (Wildman–Crippen LogP) is 4.92. The van der Waals surface area contributed by atoms with Gasteiger partial charge in [0.15, 0.2) is 18.2 Å². The number of aliphatic carboxylic acids is 1. The average molecular weight is 781 g/mol. The van der Waals surface area contributed by atoms with E-state index in [9.17, 15) is 44.7 Å². The smallest absolute Gasteiger partial charge is 0.341 e. The number of fused-ring (bicyclic) bond motifs is 4. The maximum Gasteiger partial charge on any atom is 0.341 e. The molecule has 2 aliphatic heterocycles. The van der Waals surface area contributed by atoms with Crippen molar-refractivity contribution in [1.82, 2.24) is 0 Å². The summed E-state index contributed by atoms with van der Waals surface area (Å²) in [5, 5.41) is 51.8. The lowest BCUT2D eigenvalue weighted by Crippen LogP contribution is -2.57. The van der Waals surface area contributed by atoms with Crippen molar-refractivity contribution in [3.8, 4) is 0 Å². The molecule has 0 aromatic carbocycles. The molecule has 0 aromatic heterocycles. The second-order valence-electron chi connectivity index (χ2n) is 17.0. The zero-order valence-corrected chi connectivity index (χ0v) is 33.8. The van der Waals surface area contributed by atoms with Gasteiger partial charge in [0.25, 0.3) is 0 Å². The van der Waals surface area contributed by atoms with Gasteiger partial charge < -0.3 is 39.7 Å². The molecule has 3 aliphatic carbocycles. The van der Waals surface area contributed by atoms with Crippen molar-refractivity contribution < 1.29 is 58.9 Å². The van der Waals surface area contributed by atoms with Gasteiger partial charge in [-0.05, 0) is 101 Å². The lowest BCUT2D eigenvalue weighted by Gasteiger charge is -2.45. The van der Waals surface area contributed by atoms with Crippen molar-refractivity contribution in [2.75, 3.05) is 0 Å². The van der Waals surface area contributed by atoms with Crippen LogP contribution in [0.4, 0.5) is 0 Å². The Morgan fingerprint density at radius 1 is 1.02 bits per heavy atom. The Kier molecular flexibility index (Phi) is 14.0.